The van der Waals surface area contributed by atoms with Crippen LogP contribution in [0.4, 0.5) is 18.0 Å². The van der Waals surface area contributed by atoms with Crippen LogP contribution in [0.1, 0.15) is 20.8 Å². The molecule has 1 heterocycles. The molecule has 0 aliphatic heterocycles. The van der Waals surface area contributed by atoms with Crippen molar-refractivity contribution in [1.29, 1.82) is 0 Å². The smallest absolute Gasteiger partial charge is 0.443 e. The third kappa shape index (κ3) is 5.40. The Morgan fingerprint density at radius 2 is 1.84 bits per heavy atom. The second kappa shape index (κ2) is 6.92. The molecule has 0 saturated carbocycles. The van der Waals surface area contributed by atoms with Crippen LogP contribution in [-0.4, -0.2) is 22.6 Å². The lowest BCUT2D eigenvalue weighted by Gasteiger charge is -2.20. The number of benzene rings is 1. The first-order valence-electron chi connectivity index (χ1n) is 7.03. The van der Waals surface area contributed by atoms with Gasteiger partial charge in [0.25, 0.3) is 0 Å². The lowest BCUT2D eigenvalue weighted by atomic mass is 10.1. The lowest BCUT2D eigenvalue weighted by molar-refractivity contribution is -0.274. The summed E-state index contributed by atoms with van der Waals surface area (Å²) in [6.45, 7) is 5.16. The van der Waals surface area contributed by atoms with Crippen LogP contribution < -0.4 is 4.74 Å². The topological polar surface area (TPSA) is 40.5 Å². The van der Waals surface area contributed by atoms with Gasteiger partial charge in [0.15, 0.2) is 0 Å². The molecule has 0 amide bonds. The number of carbonyl (C=O) groups is 1. The van der Waals surface area contributed by atoms with Crippen LogP contribution in [0, 0.1) is 0 Å². The highest BCUT2D eigenvalue weighted by Gasteiger charge is 2.31. The maximum Gasteiger partial charge on any atom is 0.573 e. The Morgan fingerprint density at radius 3 is 2.36 bits per heavy atom. The van der Waals surface area contributed by atoms with E-state index in [2.05, 4.69) is 20.7 Å². The Bertz CT molecular complexity index is 797. The summed E-state index contributed by atoms with van der Waals surface area (Å²) in [5.74, 6) is -0.448. The van der Waals surface area contributed by atoms with Crippen molar-refractivity contribution in [1.82, 2.24) is 4.57 Å². The molecular formula is C16H14BrClF3NO3. The molecule has 0 radical (unpaired) electrons. The molecule has 1 aromatic heterocycles. The SMILES string of the molecule is CC(C)(C)OC(=O)n1cc(Br)cc1-c1ccc(OC(F)(F)F)cc1Cl. The number of nitrogens with zero attached hydrogens (tertiary/aromatic N) is 1. The Morgan fingerprint density at radius 1 is 1.20 bits per heavy atom. The average Bonchev–Trinajstić information content (AvgIpc) is 2.77. The molecule has 0 aliphatic carbocycles. The van der Waals surface area contributed by atoms with Gasteiger partial charge in [0.1, 0.15) is 11.4 Å². The Balaban J connectivity index is 2.41. The molecule has 4 nitrogen and oxygen atoms in total. The first-order chi connectivity index (χ1) is 11.4. The number of aromatic nitrogens is 1. The van der Waals surface area contributed by atoms with Gasteiger partial charge in [-0.1, -0.05) is 11.6 Å². The molecule has 0 atom stereocenters. The van der Waals surface area contributed by atoms with Crippen LogP contribution >= 0.6 is 27.5 Å². The van der Waals surface area contributed by atoms with Crippen molar-refractivity contribution >= 4 is 33.6 Å². The summed E-state index contributed by atoms with van der Waals surface area (Å²) in [6, 6.07) is 5.10. The summed E-state index contributed by atoms with van der Waals surface area (Å²) < 4.78 is 47.8. The highest BCUT2D eigenvalue weighted by molar-refractivity contribution is 9.10. The monoisotopic (exact) mass is 439 g/mol. The van der Waals surface area contributed by atoms with E-state index in [0.29, 0.717) is 15.7 Å². The predicted molar refractivity (Wildman–Crippen MR) is 90.9 cm³/mol. The van der Waals surface area contributed by atoms with Gasteiger partial charge in [-0.15, -0.1) is 13.2 Å². The van der Waals surface area contributed by atoms with Gasteiger partial charge in [0.2, 0.25) is 0 Å². The number of halogens is 5. The highest BCUT2D eigenvalue weighted by Crippen LogP contribution is 2.35. The van der Waals surface area contributed by atoms with Crippen molar-refractivity contribution in [3.63, 3.8) is 0 Å². The van der Waals surface area contributed by atoms with Crippen LogP contribution in [0.15, 0.2) is 34.9 Å². The van der Waals surface area contributed by atoms with E-state index < -0.39 is 23.8 Å². The fourth-order valence-electron chi connectivity index (χ4n) is 2.00. The maximum atomic E-state index is 12.3. The van der Waals surface area contributed by atoms with Crippen LogP contribution in [0.25, 0.3) is 11.3 Å². The van der Waals surface area contributed by atoms with E-state index in [-0.39, 0.29) is 5.02 Å². The van der Waals surface area contributed by atoms with Gasteiger partial charge in [0.05, 0.1) is 10.7 Å². The predicted octanol–water partition coefficient (Wildman–Crippen LogP) is 6.25. The second-order valence-corrected chi connectivity index (χ2v) is 7.41. The first kappa shape index (κ1) is 19.7. The van der Waals surface area contributed by atoms with E-state index >= 15 is 0 Å². The summed E-state index contributed by atoms with van der Waals surface area (Å²) in [6.07, 6.45) is -3.97. The molecule has 0 saturated heterocycles. The van der Waals surface area contributed by atoms with Crippen LogP contribution in [0.3, 0.4) is 0 Å². The summed E-state index contributed by atoms with van der Waals surface area (Å²) in [7, 11) is 0. The number of hydrogen-bond donors (Lipinski definition) is 0. The summed E-state index contributed by atoms with van der Waals surface area (Å²) in [4.78, 5) is 12.3. The molecule has 1 aromatic carbocycles. The van der Waals surface area contributed by atoms with Crippen molar-refractivity contribution in [2.75, 3.05) is 0 Å². The molecule has 2 aromatic rings. The fraction of sp³-hybridized carbons (Fsp3) is 0.312. The fourth-order valence-corrected chi connectivity index (χ4v) is 2.69. The van der Waals surface area contributed by atoms with E-state index in [1.165, 1.54) is 16.8 Å². The van der Waals surface area contributed by atoms with Crippen molar-refractivity contribution in [2.45, 2.75) is 32.7 Å². The summed E-state index contributed by atoms with van der Waals surface area (Å²) >= 11 is 9.35. The molecule has 0 N–H and O–H groups in total. The second-order valence-electron chi connectivity index (χ2n) is 6.08. The van der Waals surface area contributed by atoms with Gasteiger partial charge >= 0.3 is 12.5 Å². The largest absolute Gasteiger partial charge is 0.573 e. The first-order valence-corrected chi connectivity index (χ1v) is 8.20. The van der Waals surface area contributed by atoms with Gasteiger partial charge in [-0.25, -0.2) is 4.79 Å². The van der Waals surface area contributed by atoms with Crippen LogP contribution in [0.5, 0.6) is 5.75 Å². The van der Waals surface area contributed by atoms with Gasteiger partial charge < -0.3 is 9.47 Å². The molecule has 0 spiro atoms. The van der Waals surface area contributed by atoms with Gasteiger partial charge in [0, 0.05) is 16.2 Å². The van der Waals surface area contributed by atoms with Gasteiger partial charge in [-0.05, 0) is 61.0 Å². The zero-order chi connectivity index (χ0) is 19.0. The minimum absolute atomic E-state index is 0.00263. The molecule has 9 heteroatoms. The number of alkyl halides is 3. The van der Waals surface area contributed by atoms with Crippen molar-refractivity contribution in [3.05, 3.63) is 40.0 Å². The maximum absolute atomic E-state index is 12.3. The third-order valence-corrected chi connectivity index (χ3v) is 3.57. The molecule has 136 valence electrons. The minimum Gasteiger partial charge on any atom is -0.443 e. The van der Waals surface area contributed by atoms with E-state index in [1.807, 2.05) is 0 Å². The van der Waals surface area contributed by atoms with E-state index in [4.69, 9.17) is 16.3 Å². The molecule has 0 aliphatic rings. The zero-order valence-electron chi connectivity index (χ0n) is 13.4. The standard InChI is InChI=1S/C16H14BrClF3NO3/c1-15(2,3)25-14(23)22-8-9(17)6-13(22)11-5-4-10(7-12(11)18)24-16(19,20)21/h4-8H,1-3H3. The average molecular weight is 441 g/mol. The summed E-state index contributed by atoms with van der Waals surface area (Å²) in [5.41, 5.74) is 0.0108. The van der Waals surface area contributed by atoms with Gasteiger partial charge in [-0.3, -0.25) is 4.57 Å². The Kier molecular flexibility index (Phi) is 5.44. The number of hydrogen-bond acceptors (Lipinski definition) is 3. The quantitative estimate of drug-likeness (QED) is 0.554. The number of carbonyl (C=O) groups excluding carboxylic acids is 1. The normalized spacial score (nSPS) is 12.2. The molecule has 0 fully saturated rings. The minimum atomic E-state index is -4.81. The van der Waals surface area contributed by atoms with Crippen molar-refractivity contribution in [3.8, 4) is 17.0 Å². The van der Waals surface area contributed by atoms with E-state index in [9.17, 15) is 18.0 Å². The Labute approximate surface area is 155 Å². The number of rotatable bonds is 2. The van der Waals surface area contributed by atoms with Crippen LogP contribution in [0.2, 0.25) is 5.02 Å². The Hall–Kier alpha value is -1.67. The summed E-state index contributed by atoms with van der Waals surface area (Å²) in [5, 5.41) is -0.00263. The number of ether oxygens (including phenoxy) is 2. The zero-order valence-corrected chi connectivity index (χ0v) is 15.8. The molecular weight excluding hydrogens is 427 g/mol. The molecule has 2 rings (SSSR count). The van der Waals surface area contributed by atoms with E-state index in [1.54, 1.807) is 26.8 Å². The highest BCUT2D eigenvalue weighted by atomic mass is 79.9. The van der Waals surface area contributed by atoms with Gasteiger partial charge in [-0.2, -0.15) is 0 Å². The van der Waals surface area contributed by atoms with Crippen molar-refractivity contribution < 1.29 is 27.4 Å². The third-order valence-electron chi connectivity index (χ3n) is 2.83. The van der Waals surface area contributed by atoms with Crippen molar-refractivity contribution in [2.24, 2.45) is 0 Å². The lowest BCUT2D eigenvalue weighted by Crippen LogP contribution is -2.27. The molecule has 0 bridgehead atoms. The molecule has 0 unspecified atom stereocenters. The van der Waals surface area contributed by atoms with E-state index in [0.717, 1.165) is 12.1 Å². The molecule has 25 heavy (non-hydrogen) atoms. The van der Waals surface area contributed by atoms with Crippen LogP contribution in [-0.2, 0) is 4.74 Å².